The molecule has 0 radical (unpaired) electrons. The van der Waals surface area contributed by atoms with Gasteiger partial charge in [-0.25, -0.2) is 4.79 Å². The van der Waals surface area contributed by atoms with Crippen LogP contribution in [0.1, 0.15) is 27.7 Å². The number of carbonyl (C=O) groups is 2. The molecule has 0 aromatic carbocycles. The summed E-state index contributed by atoms with van der Waals surface area (Å²) in [6, 6.07) is -0.417. The van der Waals surface area contributed by atoms with Crippen LogP contribution in [0, 0.1) is 0 Å². The Balaban J connectivity index is 4.32. The van der Waals surface area contributed by atoms with Crippen LogP contribution in [0.3, 0.4) is 0 Å². The molecular formula is C11H21NO3S. The third kappa shape index (κ3) is 6.00. The Bertz CT molecular complexity index is 238. The number of aldehydes is 1. The number of likely N-dealkylation sites (N-methyl/N-ethyl adjacent to an activating group) is 1. The van der Waals surface area contributed by atoms with E-state index in [0.29, 0.717) is 5.75 Å². The van der Waals surface area contributed by atoms with E-state index < -0.39 is 17.7 Å². The maximum absolute atomic E-state index is 11.7. The highest BCUT2D eigenvalue weighted by molar-refractivity contribution is 7.99. The summed E-state index contributed by atoms with van der Waals surface area (Å²) in [5, 5.41) is 0. The predicted octanol–water partition coefficient (Wildman–Crippen LogP) is 2.17. The van der Waals surface area contributed by atoms with E-state index in [1.807, 2.05) is 6.92 Å². The second-order valence-electron chi connectivity index (χ2n) is 4.45. The lowest BCUT2D eigenvalue weighted by Gasteiger charge is -2.27. The molecule has 16 heavy (non-hydrogen) atoms. The van der Waals surface area contributed by atoms with E-state index in [9.17, 15) is 9.59 Å². The quantitative estimate of drug-likeness (QED) is 0.699. The number of hydrogen-bond donors (Lipinski definition) is 0. The molecule has 0 fully saturated rings. The van der Waals surface area contributed by atoms with Crippen LogP contribution in [-0.4, -0.2) is 47.5 Å². The summed E-state index contributed by atoms with van der Waals surface area (Å²) in [6.45, 7) is 7.42. The van der Waals surface area contributed by atoms with Crippen LogP contribution in [0.25, 0.3) is 0 Å². The average molecular weight is 247 g/mol. The minimum Gasteiger partial charge on any atom is -0.444 e. The fourth-order valence-electron chi connectivity index (χ4n) is 0.950. The Hall–Kier alpha value is -0.710. The first-order chi connectivity index (χ1) is 7.31. The van der Waals surface area contributed by atoms with Gasteiger partial charge < -0.3 is 14.4 Å². The molecule has 0 bridgehead atoms. The van der Waals surface area contributed by atoms with Crippen molar-refractivity contribution in [2.45, 2.75) is 39.3 Å². The van der Waals surface area contributed by atoms with Crippen LogP contribution in [0.4, 0.5) is 4.79 Å². The predicted molar refractivity (Wildman–Crippen MR) is 66.8 cm³/mol. The van der Waals surface area contributed by atoms with Crippen LogP contribution in [0.15, 0.2) is 0 Å². The van der Waals surface area contributed by atoms with Crippen LogP contribution in [0.5, 0.6) is 0 Å². The zero-order chi connectivity index (χ0) is 12.8. The van der Waals surface area contributed by atoms with E-state index in [0.717, 1.165) is 12.0 Å². The number of carbonyl (C=O) groups excluding carboxylic acids is 2. The van der Waals surface area contributed by atoms with Gasteiger partial charge in [0.25, 0.3) is 0 Å². The number of hydrogen-bond acceptors (Lipinski definition) is 4. The summed E-state index contributed by atoms with van der Waals surface area (Å²) in [5.74, 6) is 1.53. The molecular weight excluding hydrogens is 226 g/mol. The molecule has 0 saturated carbocycles. The van der Waals surface area contributed by atoms with Crippen molar-refractivity contribution < 1.29 is 14.3 Å². The molecule has 0 heterocycles. The third-order valence-electron chi connectivity index (χ3n) is 1.83. The molecule has 0 spiro atoms. The molecule has 0 rings (SSSR count). The number of rotatable bonds is 5. The van der Waals surface area contributed by atoms with E-state index in [2.05, 4.69) is 0 Å². The van der Waals surface area contributed by atoms with Crippen molar-refractivity contribution in [3.8, 4) is 0 Å². The molecule has 0 aliphatic heterocycles. The summed E-state index contributed by atoms with van der Waals surface area (Å²) in [5.41, 5.74) is -0.531. The van der Waals surface area contributed by atoms with E-state index in [-0.39, 0.29) is 0 Å². The monoisotopic (exact) mass is 247 g/mol. The number of thioether (sulfide) groups is 1. The van der Waals surface area contributed by atoms with Crippen molar-refractivity contribution in [2.24, 2.45) is 0 Å². The Labute approximate surface area is 102 Å². The fourth-order valence-corrected chi connectivity index (χ4v) is 1.73. The Kier molecular flexibility index (Phi) is 6.48. The second kappa shape index (κ2) is 6.78. The molecule has 1 amide bonds. The molecule has 0 saturated heterocycles. The van der Waals surface area contributed by atoms with Gasteiger partial charge in [0, 0.05) is 12.8 Å². The molecule has 0 aliphatic rings. The van der Waals surface area contributed by atoms with Crippen LogP contribution >= 0.6 is 11.8 Å². The summed E-state index contributed by atoms with van der Waals surface area (Å²) < 4.78 is 5.18. The van der Waals surface area contributed by atoms with Crippen molar-refractivity contribution in [3.63, 3.8) is 0 Å². The maximum atomic E-state index is 11.7. The molecule has 1 atom stereocenters. The standard InChI is InChI=1S/C11H21NO3S/c1-6-16-8-9(7-13)12(5)10(14)15-11(2,3)4/h7,9H,6,8H2,1-5H3. The summed E-state index contributed by atoms with van der Waals surface area (Å²) in [6.07, 6.45) is 0.327. The molecule has 0 aliphatic carbocycles. The van der Waals surface area contributed by atoms with E-state index in [1.165, 1.54) is 4.90 Å². The van der Waals surface area contributed by atoms with Crippen LogP contribution in [-0.2, 0) is 9.53 Å². The van der Waals surface area contributed by atoms with Gasteiger partial charge in [0.05, 0.1) is 6.04 Å². The Morgan fingerprint density at radius 2 is 2.06 bits per heavy atom. The first kappa shape index (κ1) is 15.3. The van der Waals surface area contributed by atoms with Gasteiger partial charge in [-0.2, -0.15) is 11.8 Å². The van der Waals surface area contributed by atoms with Gasteiger partial charge in [0.1, 0.15) is 11.9 Å². The number of ether oxygens (including phenoxy) is 1. The minimum absolute atomic E-state index is 0.417. The smallest absolute Gasteiger partial charge is 0.410 e. The number of amides is 1. The first-order valence-corrected chi connectivity index (χ1v) is 6.46. The van der Waals surface area contributed by atoms with Gasteiger partial charge in [-0.1, -0.05) is 6.92 Å². The van der Waals surface area contributed by atoms with Crippen molar-refractivity contribution in [1.82, 2.24) is 4.90 Å². The number of nitrogens with zero attached hydrogens (tertiary/aromatic N) is 1. The zero-order valence-electron chi connectivity index (χ0n) is 10.6. The molecule has 0 aromatic rings. The molecule has 1 unspecified atom stereocenters. The van der Waals surface area contributed by atoms with Crippen molar-refractivity contribution in [2.75, 3.05) is 18.6 Å². The maximum Gasteiger partial charge on any atom is 0.410 e. The second-order valence-corrected chi connectivity index (χ2v) is 5.77. The average Bonchev–Trinajstić information content (AvgIpc) is 2.16. The lowest BCUT2D eigenvalue weighted by molar-refractivity contribution is -0.111. The summed E-state index contributed by atoms with van der Waals surface area (Å²) in [4.78, 5) is 23.9. The fraction of sp³-hybridized carbons (Fsp3) is 0.818. The topological polar surface area (TPSA) is 46.6 Å². The Morgan fingerprint density at radius 1 is 1.50 bits per heavy atom. The molecule has 94 valence electrons. The molecule has 0 N–H and O–H groups in total. The highest BCUT2D eigenvalue weighted by Crippen LogP contribution is 2.12. The minimum atomic E-state index is -0.531. The molecule has 4 nitrogen and oxygen atoms in total. The van der Waals surface area contributed by atoms with Crippen molar-refractivity contribution in [3.05, 3.63) is 0 Å². The molecule has 0 aromatic heterocycles. The van der Waals surface area contributed by atoms with E-state index >= 15 is 0 Å². The van der Waals surface area contributed by atoms with Crippen LogP contribution < -0.4 is 0 Å². The SMILES string of the molecule is CCSCC(C=O)N(C)C(=O)OC(C)(C)C. The van der Waals surface area contributed by atoms with Gasteiger partial charge >= 0.3 is 6.09 Å². The zero-order valence-corrected chi connectivity index (χ0v) is 11.5. The highest BCUT2D eigenvalue weighted by Gasteiger charge is 2.24. The summed E-state index contributed by atoms with van der Waals surface area (Å²) >= 11 is 1.62. The van der Waals surface area contributed by atoms with E-state index in [1.54, 1.807) is 39.6 Å². The van der Waals surface area contributed by atoms with Gasteiger partial charge in [-0.05, 0) is 26.5 Å². The largest absolute Gasteiger partial charge is 0.444 e. The van der Waals surface area contributed by atoms with E-state index in [4.69, 9.17) is 4.74 Å². The first-order valence-electron chi connectivity index (χ1n) is 5.30. The summed E-state index contributed by atoms with van der Waals surface area (Å²) in [7, 11) is 1.59. The van der Waals surface area contributed by atoms with Gasteiger partial charge in [0.15, 0.2) is 0 Å². The van der Waals surface area contributed by atoms with Crippen molar-refractivity contribution >= 4 is 24.1 Å². The van der Waals surface area contributed by atoms with Gasteiger partial charge in [-0.15, -0.1) is 0 Å². The van der Waals surface area contributed by atoms with Gasteiger partial charge in [0.2, 0.25) is 0 Å². The lowest BCUT2D eigenvalue weighted by Crippen LogP contribution is -2.42. The van der Waals surface area contributed by atoms with Gasteiger partial charge in [-0.3, -0.25) is 0 Å². The normalized spacial score (nSPS) is 13.1. The van der Waals surface area contributed by atoms with Crippen molar-refractivity contribution in [1.29, 1.82) is 0 Å². The third-order valence-corrected chi connectivity index (χ3v) is 2.81. The Morgan fingerprint density at radius 3 is 2.44 bits per heavy atom. The lowest BCUT2D eigenvalue weighted by atomic mass is 10.2. The highest BCUT2D eigenvalue weighted by atomic mass is 32.2. The van der Waals surface area contributed by atoms with Crippen LogP contribution in [0.2, 0.25) is 0 Å². The molecule has 5 heteroatoms.